The molecule has 0 radical (unpaired) electrons. The van der Waals surface area contributed by atoms with Crippen molar-refractivity contribution in [1.82, 2.24) is 0 Å². The van der Waals surface area contributed by atoms with E-state index in [2.05, 4.69) is 0 Å². The molecule has 0 aliphatic rings. The van der Waals surface area contributed by atoms with Gasteiger partial charge in [-0.25, -0.2) is 0 Å². The first kappa shape index (κ1) is 11.1. The molecule has 0 fully saturated rings. The standard InChI is InChI=1S/C13H11NO3/c1-9-7-11(10-5-3-2-4-6-10)13(15)12(8-9)14(16)17/h2-8,15H,1H3. The van der Waals surface area contributed by atoms with Crippen molar-refractivity contribution in [3.05, 3.63) is 58.1 Å². The van der Waals surface area contributed by atoms with Gasteiger partial charge in [0.2, 0.25) is 5.75 Å². The number of phenols is 1. The Morgan fingerprint density at radius 3 is 2.41 bits per heavy atom. The van der Waals surface area contributed by atoms with Gasteiger partial charge in [-0.3, -0.25) is 10.1 Å². The van der Waals surface area contributed by atoms with Crippen LogP contribution in [0.15, 0.2) is 42.5 Å². The van der Waals surface area contributed by atoms with E-state index < -0.39 is 4.92 Å². The van der Waals surface area contributed by atoms with Crippen molar-refractivity contribution in [3.8, 4) is 16.9 Å². The highest BCUT2D eigenvalue weighted by atomic mass is 16.6. The number of nitrogens with zero attached hydrogens (tertiary/aromatic N) is 1. The lowest BCUT2D eigenvalue weighted by atomic mass is 10.0. The minimum Gasteiger partial charge on any atom is -0.502 e. The molecule has 17 heavy (non-hydrogen) atoms. The maximum absolute atomic E-state index is 10.8. The van der Waals surface area contributed by atoms with E-state index in [0.717, 1.165) is 11.1 Å². The highest BCUT2D eigenvalue weighted by molar-refractivity contribution is 5.75. The second-order valence-electron chi connectivity index (χ2n) is 3.80. The fourth-order valence-corrected chi connectivity index (χ4v) is 1.74. The fraction of sp³-hybridized carbons (Fsp3) is 0.0769. The number of nitro benzene ring substituents is 1. The van der Waals surface area contributed by atoms with Crippen LogP contribution in [-0.4, -0.2) is 10.0 Å². The van der Waals surface area contributed by atoms with E-state index in [1.165, 1.54) is 6.07 Å². The van der Waals surface area contributed by atoms with E-state index in [-0.39, 0.29) is 11.4 Å². The third-order valence-corrected chi connectivity index (χ3v) is 2.52. The molecule has 0 aliphatic carbocycles. The van der Waals surface area contributed by atoms with Crippen molar-refractivity contribution in [2.45, 2.75) is 6.92 Å². The van der Waals surface area contributed by atoms with Gasteiger partial charge in [-0.2, -0.15) is 0 Å². The molecule has 0 aliphatic heterocycles. The summed E-state index contributed by atoms with van der Waals surface area (Å²) in [6.45, 7) is 1.76. The van der Waals surface area contributed by atoms with Crippen LogP contribution in [0.3, 0.4) is 0 Å². The Kier molecular flexibility index (Phi) is 2.78. The van der Waals surface area contributed by atoms with Gasteiger partial charge in [0.25, 0.3) is 0 Å². The SMILES string of the molecule is Cc1cc(-c2ccccc2)c(O)c([N+](=O)[O-])c1. The number of rotatable bonds is 2. The Balaban J connectivity index is 2.67. The Morgan fingerprint density at radius 1 is 1.18 bits per heavy atom. The smallest absolute Gasteiger partial charge is 0.311 e. The lowest BCUT2D eigenvalue weighted by Crippen LogP contribution is -1.92. The third-order valence-electron chi connectivity index (χ3n) is 2.52. The van der Waals surface area contributed by atoms with Gasteiger partial charge in [-0.1, -0.05) is 30.3 Å². The summed E-state index contributed by atoms with van der Waals surface area (Å²) in [6, 6.07) is 12.2. The number of hydrogen-bond acceptors (Lipinski definition) is 3. The molecule has 0 spiro atoms. The van der Waals surface area contributed by atoms with Crippen LogP contribution in [0.4, 0.5) is 5.69 Å². The average molecular weight is 229 g/mol. The molecule has 2 aromatic rings. The molecule has 0 saturated heterocycles. The molecule has 0 bridgehead atoms. The molecule has 0 unspecified atom stereocenters. The monoisotopic (exact) mass is 229 g/mol. The van der Waals surface area contributed by atoms with Crippen molar-refractivity contribution in [3.63, 3.8) is 0 Å². The number of benzene rings is 2. The highest BCUT2D eigenvalue weighted by Gasteiger charge is 2.18. The molecule has 1 N–H and O–H groups in total. The third kappa shape index (κ3) is 2.10. The molecule has 0 saturated carbocycles. The Morgan fingerprint density at radius 2 is 1.82 bits per heavy atom. The quantitative estimate of drug-likeness (QED) is 0.634. The number of aryl methyl sites for hydroxylation is 1. The zero-order valence-corrected chi connectivity index (χ0v) is 9.25. The summed E-state index contributed by atoms with van der Waals surface area (Å²) in [7, 11) is 0. The normalized spacial score (nSPS) is 10.2. The van der Waals surface area contributed by atoms with Crippen molar-refractivity contribution >= 4 is 5.69 Å². The Labute approximate surface area is 98.3 Å². The Bertz CT molecular complexity index is 564. The number of aromatic hydroxyl groups is 1. The minimum absolute atomic E-state index is 0.260. The number of hydrogen-bond donors (Lipinski definition) is 1. The summed E-state index contributed by atoms with van der Waals surface area (Å²) in [5, 5.41) is 20.7. The van der Waals surface area contributed by atoms with Crippen LogP contribution in [0, 0.1) is 17.0 Å². The first-order chi connectivity index (χ1) is 8.09. The summed E-state index contributed by atoms with van der Waals surface area (Å²) in [5.41, 5.74) is 1.73. The van der Waals surface area contributed by atoms with Gasteiger partial charge in [-0.15, -0.1) is 0 Å². The van der Waals surface area contributed by atoms with E-state index in [4.69, 9.17) is 0 Å². The maximum atomic E-state index is 10.8. The summed E-state index contributed by atoms with van der Waals surface area (Å²) in [5.74, 6) is -0.285. The maximum Gasteiger partial charge on any atom is 0.311 e. The molecule has 4 heteroatoms. The van der Waals surface area contributed by atoms with Crippen molar-refractivity contribution < 1.29 is 10.0 Å². The van der Waals surface area contributed by atoms with E-state index >= 15 is 0 Å². The van der Waals surface area contributed by atoms with Crippen LogP contribution < -0.4 is 0 Å². The first-order valence-corrected chi connectivity index (χ1v) is 5.13. The molecule has 0 aromatic heterocycles. The van der Waals surface area contributed by atoms with Crippen LogP contribution in [0.5, 0.6) is 5.75 Å². The molecule has 4 nitrogen and oxygen atoms in total. The minimum atomic E-state index is -0.575. The second kappa shape index (κ2) is 4.25. The summed E-state index contributed by atoms with van der Waals surface area (Å²) < 4.78 is 0. The van der Waals surface area contributed by atoms with Gasteiger partial charge in [-0.05, 0) is 24.1 Å². The number of phenolic OH excluding ortho intramolecular Hbond substituents is 1. The van der Waals surface area contributed by atoms with Crippen LogP contribution in [0.25, 0.3) is 11.1 Å². The first-order valence-electron chi connectivity index (χ1n) is 5.13. The van der Waals surface area contributed by atoms with Gasteiger partial charge in [0.1, 0.15) is 0 Å². The summed E-state index contributed by atoms with van der Waals surface area (Å²) >= 11 is 0. The molecule has 0 atom stereocenters. The summed E-state index contributed by atoms with van der Waals surface area (Å²) in [4.78, 5) is 10.2. The van der Waals surface area contributed by atoms with Gasteiger partial charge < -0.3 is 5.11 Å². The lowest BCUT2D eigenvalue weighted by Gasteiger charge is -2.06. The lowest BCUT2D eigenvalue weighted by molar-refractivity contribution is -0.385. The van der Waals surface area contributed by atoms with Crippen LogP contribution >= 0.6 is 0 Å². The average Bonchev–Trinajstić information content (AvgIpc) is 2.32. The van der Waals surface area contributed by atoms with Gasteiger partial charge in [0.15, 0.2) is 0 Å². The topological polar surface area (TPSA) is 63.4 Å². The molecule has 0 amide bonds. The predicted molar refractivity (Wildman–Crippen MR) is 64.9 cm³/mol. The highest BCUT2D eigenvalue weighted by Crippen LogP contribution is 2.37. The van der Waals surface area contributed by atoms with Gasteiger partial charge in [0.05, 0.1) is 4.92 Å². The predicted octanol–water partition coefficient (Wildman–Crippen LogP) is 3.28. The van der Waals surface area contributed by atoms with E-state index in [1.807, 2.05) is 18.2 Å². The Hall–Kier alpha value is -2.36. The van der Waals surface area contributed by atoms with Crippen LogP contribution in [-0.2, 0) is 0 Å². The molecule has 2 aromatic carbocycles. The molecule has 86 valence electrons. The second-order valence-corrected chi connectivity index (χ2v) is 3.80. The van der Waals surface area contributed by atoms with E-state index in [9.17, 15) is 15.2 Å². The fourth-order valence-electron chi connectivity index (χ4n) is 1.74. The zero-order chi connectivity index (χ0) is 12.4. The van der Waals surface area contributed by atoms with Crippen molar-refractivity contribution in [2.24, 2.45) is 0 Å². The van der Waals surface area contributed by atoms with Gasteiger partial charge >= 0.3 is 5.69 Å². The van der Waals surface area contributed by atoms with E-state index in [1.54, 1.807) is 25.1 Å². The zero-order valence-electron chi connectivity index (χ0n) is 9.25. The molecular weight excluding hydrogens is 218 g/mol. The van der Waals surface area contributed by atoms with Crippen LogP contribution in [0.1, 0.15) is 5.56 Å². The molecular formula is C13H11NO3. The summed E-state index contributed by atoms with van der Waals surface area (Å²) in [6.07, 6.45) is 0. The van der Waals surface area contributed by atoms with Crippen molar-refractivity contribution in [1.29, 1.82) is 0 Å². The number of nitro groups is 1. The van der Waals surface area contributed by atoms with Crippen molar-refractivity contribution in [2.75, 3.05) is 0 Å². The van der Waals surface area contributed by atoms with E-state index in [0.29, 0.717) is 5.56 Å². The molecule has 0 heterocycles. The van der Waals surface area contributed by atoms with Gasteiger partial charge in [0, 0.05) is 11.6 Å². The van der Waals surface area contributed by atoms with Crippen LogP contribution in [0.2, 0.25) is 0 Å². The largest absolute Gasteiger partial charge is 0.502 e. The molecule has 2 rings (SSSR count).